The number of hydrogen-bond donors (Lipinski definition) is 1. The molecule has 1 saturated heterocycles. The lowest BCUT2D eigenvalue weighted by atomic mass is 10.3. The number of hydrogen-bond acceptors (Lipinski definition) is 9. The summed E-state index contributed by atoms with van der Waals surface area (Å²) in [5, 5.41) is 2.17. The lowest BCUT2D eigenvalue weighted by Gasteiger charge is -2.33. The molecule has 1 aliphatic rings. The second-order valence-corrected chi connectivity index (χ2v) is 11.5. The van der Waals surface area contributed by atoms with Crippen molar-refractivity contribution < 1.29 is 22.0 Å². The Morgan fingerprint density at radius 2 is 1.82 bits per heavy atom. The van der Waals surface area contributed by atoms with E-state index in [1.54, 1.807) is 25.4 Å². The van der Waals surface area contributed by atoms with Gasteiger partial charge in [0, 0.05) is 49.5 Å². The van der Waals surface area contributed by atoms with Crippen LogP contribution in [0.2, 0.25) is 0 Å². The maximum Gasteiger partial charge on any atom is 0.263 e. The third-order valence-electron chi connectivity index (χ3n) is 5.99. The van der Waals surface area contributed by atoms with Crippen LogP contribution >= 0.6 is 11.3 Å². The Morgan fingerprint density at radius 3 is 2.50 bits per heavy atom. The molecule has 3 aromatic heterocycles. The topological polar surface area (TPSA) is 130 Å². The van der Waals surface area contributed by atoms with Gasteiger partial charge in [-0.3, -0.25) is 14.2 Å². The first-order valence-corrected chi connectivity index (χ1v) is 13.7. The van der Waals surface area contributed by atoms with Crippen LogP contribution in [0.1, 0.15) is 4.88 Å². The number of carbonyl (C=O) groups excluding carboxylic acids is 1. The summed E-state index contributed by atoms with van der Waals surface area (Å²) < 4.78 is 56.6. The van der Waals surface area contributed by atoms with E-state index in [0.29, 0.717) is 30.0 Å². The third kappa shape index (κ3) is 4.87. The molecule has 1 fully saturated rings. The molecule has 0 bridgehead atoms. The Balaban J connectivity index is 1.40. The van der Waals surface area contributed by atoms with Gasteiger partial charge in [0.2, 0.25) is 21.9 Å². The molecule has 1 amide bonds. The van der Waals surface area contributed by atoms with Crippen LogP contribution in [-0.4, -0.2) is 64.3 Å². The second kappa shape index (κ2) is 10.2. The van der Waals surface area contributed by atoms with E-state index in [1.807, 2.05) is 4.90 Å². The van der Waals surface area contributed by atoms with Gasteiger partial charge in [-0.1, -0.05) is 0 Å². The summed E-state index contributed by atoms with van der Waals surface area (Å²) in [7, 11) is -4.07. The molecule has 4 aromatic rings. The first-order valence-electron chi connectivity index (χ1n) is 11.4. The minimum Gasteiger partial charge on any atom is -0.338 e. The normalized spacial score (nSPS) is 14.7. The van der Waals surface area contributed by atoms with Crippen LogP contribution in [0.25, 0.3) is 10.2 Å². The number of nitrogens with one attached hydrogen (secondary N) is 1. The Labute approximate surface area is 219 Å². The predicted octanol–water partition coefficient (Wildman–Crippen LogP) is 1.98. The average molecular weight is 562 g/mol. The smallest absolute Gasteiger partial charge is 0.263 e. The number of thiophene rings is 1. The van der Waals surface area contributed by atoms with Crippen LogP contribution in [0.5, 0.6) is 0 Å². The van der Waals surface area contributed by atoms with E-state index < -0.39 is 39.7 Å². The van der Waals surface area contributed by atoms with E-state index in [9.17, 15) is 26.8 Å². The zero-order valence-corrected chi connectivity index (χ0v) is 21.6. The van der Waals surface area contributed by atoms with Crippen LogP contribution in [0.15, 0.2) is 52.7 Å². The van der Waals surface area contributed by atoms with Crippen LogP contribution in [0, 0.1) is 18.6 Å². The molecule has 0 atom stereocenters. The number of fused-ring (bicyclic) bond motifs is 1. The minimum atomic E-state index is -4.07. The molecule has 5 rings (SSSR count). The summed E-state index contributed by atoms with van der Waals surface area (Å²) >= 11 is 1.07. The van der Waals surface area contributed by atoms with E-state index >= 15 is 0 Å². The number of aromatic nitrogens is 4. The SMILES string of the molecule is Cc1sc2ncn(CC(=O)Nc3ccc(F)cc3F)c(=O)c2c1S(=O)(=O)N1CCN(c2ncccn2)CC1. The molecule has 0 spiro atoms. The lowest BCUT2D eigenvalue weighted by molar-refractivity contribution is -0.116. The third-order valence-corrected chi connectivity index (χ3v) is 9.20. The standard InChI is InChI=1S/C23H21F2N7O4S2/c1-14-20(38(35,36)32-9-7-30(8-10-32)23-26-5-2-6-27-23)19-21(37-14)28-13-31(22(19)34)12-18(33)29-17-4-3-15(24)11-16(17)25/h2-6,11,13H,7-10,12H2,1H3,(H,29,33). The van der Waals surface area contributed by atoms with Crippen molar-refractivity contribution >= 4 is 49.1 Å². The van der Waals surface area contributed by atoms with Gasteiger partial charge in [-0.2, -0.15) is 4.31 Å². The van der Waals surface area contributed by atoms with Gasteiger partial charge in [-0.15, -0.1) is 11.3 Å². The van der Waals surface area contributed by atoms with Gasteiger partial charge in [-0.25, -0.2) is 32.2 Å². The molecule has 0 unspecified atom stereocenters. The minimum absolute atomic E-state index is 0.107. The van der Waals surface area contributed by atoms with Gasteiger partial charge in [0.1, 0.15) is 27.9 Å². The van der Waals surface area contributed by atoms with Crippen molar-refractivity contribution in [3.8, 4) is 0 Å². The zero-order chi connectivity index (χ0) is 27.0. The van der Waals surface area contributed by atoms with Gasteiger partial charge >= 0.3 is 0 Å². The van der Waals surface area contributed by atoms with E-state index in [4.69, 9.17) is 0 Å². The van der Waals surface area contributed by atoms with Gasteiger partial charge < -0.3 is 10.2 Å². The van der Waals surface area contributed by atoms with Crippen LogP contribution in [0.4, 0.5) is 20.4 Å². The number of benzene rings is 1. The zero-order valence-electron chi connectivity index (χ0n) is 20.0. The number of piperazine rings is 1. The molecule has 1 N–H and O–H groups in total. The number of amides is 1. The monoisotopic (exact) mass is 561 g/mol. The predicted molar refractivity (Wildman–Crippen MR) is 137 cm³/mol. The van der Waals surface area contributed by atoms with Crippen LogP contribution in [0.3, 0.4) is 0 Å². The van der Waals surface area contributed by atoms with Gasteiger partial charge in [-0.05, 0) is 25.1 Å². The summed E-state index contributed by atoms with van der Waals surface area (Å²) in [4.78, 5) is 40.8. The van der Waals surface area contributed by atoms with Crippen molar-refractivity contribution in [2.24, 2.45) is 0 Å². The number of nitrogens with zero attached hydrogens (tertiary/aromatic N) is 6. The molecular weight excluding hydrogens is 540 g/mol. The lowest BCUT2D eigenvalue weighted by Crippen LogP contribution is -2.49. The van der Waals surface area contributed by atoms with E-state index in [-0.39, 0.29) is 33.9 Å². The molecular formula is C23H21F2N7O4S2. The fourth-order valence-electron chi connectivity index (χ4n) is 4.18. The number of anilines is 2. The van der Waals surface area contributed by atoms with Gasteiger partial charge in [0.25, 0.3) is 5.56 Å². The highest BCUT2D eigenvalue weighted by Gasteiger charge is 2.34. The number of carbonyl (C=O) groups is 1. The molecule has 1 aromatic carbocycles. The Kier molecular flexibility index (Phi) is 6.90. The second-order valence-electron chi connectivity index (χ2n) is 8.46. The highest BCUT2D eigenvalue weighted by molar-refractivity contribution is 7.89. The molecule has 0 saturated carbocycles. The molecule has 198 valence electrons. The van der Waals surface area contributed by atoms with Crippen molar-refractivity contribution in [2.45, 2.75) is 18.4 Å². The van der Waals surface area contributed by atoms with Gasteiger partial charge in [0.15, 0.2) is 0 Å². The molecule has 1 aliphatic heterocycles. The fourth-order valence-corrected chi connectivity index (χ4v) is 7.27. The molecule has 4 heterocycles. The van der Waals surface area contributed by atoms with Crippen molar-refractivity contribution in [1.82, 2.24) is 23.8 Å². The highest BCUT2D eigenvalue weighted by atomic mass is 32.2. The first kappa shape index (κ1) is 25.8. The molecule has 38 heavy (non-hydrogen) atoms. The Bertz CT molecular complexity index is 1690. The average Bonchev–Trinajstić information content (AvgIpc) is 3.25. The number of halogens is 2. The maximum atomic E-state index is 13.9. The fraction of sp³-hybridized carbons (Fsp3) is 0.261. The number of aryl methyl sites for hydroxylation is 1. The summed E-state index contributed by atoms with van der Waals surface area (Å²) in [6.45, 7) is 2.11. The van der Waals surface area contributed by atoms with Crippen molar-refractivity contribution in [3.63, 3.8) is 0 Å². The van der Waals surface area contributed by atoms with Crippen molar-refractivity contribution in [2.75, 3.05) is 36.4 Å². The molecule has 15 heteroatoms. The Morgan fingerprint density at radius 1 is 1.11 bits per heavy atom. The van der Waals surface area contributed by atoms with Crippen molar-refractivity contribution in [3.05, 3.63) is 69.9 Å². The maximum absolute atomic E-state index is 13.9. The van der Waals surface area contributed by atoms with Crippen LogP contribution < -0.4 is 15.8 Å². The number of rotatable bonds is 6. The van der Waals surface area contributed by atoms with Crippen molar-refractivity contribution in [1.29, 1.82) is 0 Å². The summed E-state index contributed by atoms with van der Waals surface area (Å²) in [6, 6.07) is 4.35. The van der Waals surface area contributed by atoms with E-state index in [2.05, 4.69) is 20.3 Å². The molecule has 0 radical (unpaired) electrons. The Hall–Kier alpha value is -3.82. The summed E-state index contributed by atoms with van der Waals surface area (Å²) in [5.74, 6) is -2.04. The van der Waals surface area contributed by atoms with E-state index in [0.717, 1.165) is 34.4 Å². The molecule has 11 nitrogen and oxygen atoms in total. The largest absolute Gasteiger partial charge is 0.338 e. The number of sulfonamides is 1. The van der Waals surface area contributed by atoms with Gasteiger partial charge in [0.05, 0.1) is 17.4 Å². The van der Waals surface area contributed by atoms with E-state index in [1.165, 1.54) is 4.31 Å². The summed E-state index contributed by atoms with van der Waals surface area (Å²) in [5.41, 5.74) is -0.975. The first-order chi connectivity index (χ1) is 18.1. The quantitative estimate of drug-likeness (QED) is 0.378. The summed E-state index contributed by atoms with van der Waals surface area (Å²) in [6.07, 6.45) is 4.36. The highest BCUT2D eigenvalue weighted by Crippen LogP contribution is 2.33. The molecule has 0 aliphatic carbocycles. The van der Waals surface area contributed by atoms with Crippen LogP contribution in [-0.2, 0) is 21.4 Å².